The van der Waals surface area contributed by atoms with Gasteiger partial charge in [-0.1, -0.05) is 0 Å². The summed E-state index contributed by atoms with van der Waals surface area (Å²) >= 11 is 0. The number of carbonyl (C=O) groups is 1. The first kappa shape index (κ1) is 10.4. The number of carbonyl (C=O) groups excluding carboxylic acids is 1. The van der Waals surface area contributed by atoms with Crippen LogP contribution in [-0.2, 0) is 20.2 Å². The fourth-order valence-electron chi connectivity index (χ4n) is 0.586. The maximum atomic E-state index is 10.6. The van der Waals surface area contributed by atoms with Crippen molar-refractivity contribution in [3.05, 3.63) is 0 Å². The van der Waals surface area contributed by atoms with Gasteiger partial charge in [-0.15, -0.1) is 0 Å². The molecule has 0 aliphatic heterocycles. The maximum Gasteiger partial charge on any atom is 0.305 e. The van der Waals surface area contributed by atoms with E-state index in [0.717, 1.165) is 0 Å². The molecule has 0 radical (unpaired) electrons. The van der Waals surface area contributed by atoms with Gasteiger partial charge in [0.1, 0.15) is 10.7 Å². The summed E-state index contributed by atoms with van der Waals surface area (Å²) in [6.45, 7) is 2.06. The number of thiol groups is 1. The van der Waals surface area contributed by atoms with E-state index < -0.39 is 10.7 Å². The van der Waals surface area contributed by atoms with E-state index in [2.05, 4.69) is 4.74 Å². The van der Waals surface area contributed by atoms with Crippen molar-refractivity contribution in [1.29, 1.82) is 0 Å². The predicted octanol–water partition coefficient (Wildman–Crippen LogP) is -0.0589. The summed E-state index contributed by atoms with van der Waals surface area (Å²) < 4.78 is 24.6. The second kappa shape index (κ2) is 6.15. The molecular formula is C6H12O4S. The number of rotatable bonds is 5. The lowest BCUT2D eigenvalue weighted by Gasteiger charge is -1.97. The van der Waals surface area contributed by atoms with E-state index in [1.165, 1.54) is 0 Å². The fraction of sp³-hybridized carbons (Fsp3) is 0.833. The van der Waals surface area contributed by atoms with Gasteiger partial charge in [0.05, 0.1) is 6.61 Å². The SMILES string of the molecule is CCOC(=O)CCC[SH](=O)=O. The monoisotopic (exact) mass is 180 g/mol. The molecule has 0 aromatic heterocycles. The van der Waals surface area contributed by atoms with Crippen LogP contribution in [0.2, 0.25) is 0 Å². The third-order valence-corrected chi connectivity index (χ3v) is 1.71. The zero-order chi connectivity index (χ0) is 8.69. The molecule has 0 aromatic carbocycles. The number of hydrogen-bond donors (Lipinski definition) is 1. The Bertz CT molecular complexity index is 177. The number of esters is 1. The van der Waals surface area contributed by atoms with Crippen LogP contribution in [0.4, 0.5) is 0 Å². The molecule has 66 valence electrons. The van der Waals surface area contributed by atoms with Crippen LogP contribution in [0, 0.1) is 0 Å². The van der Waals surface area contributed by atoms with Crippen LogP contribution in [0.5, 0.6) is 0 Å². The molecule has 0 heterocycles. The van der Waals surface area contributed by atoms with Crippen LogP contribution < -0.4 is 0 Å². The Kier molecular flexibility index (Phi) is 5.83. The minimum atomic E-state index is -2.35. The molecular weight excluding hydrogens is 168 g/mol. The van der Waals surface area contributed by atoms with Crippen LogP contribution in [0.25, 0.3) is 0 Å². The van der Waals surface area contributed by atoms with Crippen molar-refractivity contribution in [3.63, 3.8) is 0 Å². The first-order valence-corrected chi connectivity index (χ1v) is 4.80. The van der Waals surface area contributed by atoms with Crippen molar-refractivity contribution in [1.82, 2.24) is 0 Å². The average molecular weight is 180 g/mol. The van der Waals surface area contributed by atoms with Gasteiger partial charge in [0.2, 0.25) is 0 Å². The summed E-state index contributed by atoms with van der Waals surface area (Å²) in [6, 6.07) is 0. The summed E-state index contributed by atoms with van der Waals surface area (Å²) in [4.78, 5) is 10.6. The van der Waals surface area contributed by atoms with Crippen LogP contribution >= 0.6 is 0 Å². The van der Waals surface area contributed by atoms with E-state index in [-0.39, 0.29) is 18.1 Å². The molecule has 0 aliphatic rings. The zero-order valence-electron chi connectivity index (χ0n) is 6.41. The Hall–Kier alpha value is -0.580. The number of ether oxygens (including phenoxy) is 1. The molecule has 0 fully saturated rings. The normalized spacial score (nSPS) is 10.0. The molecule has 0 N–H and O–H groups in total. The molecule has 0 unspecified atom stereocenters. The average Bonchev–Trinajstić information content (AvgIpc) is 1.87. The highest BCUT2D eigenvalue weighted by Crippen LogP contribution is 1.92. The first-order chi connectivity index (χ1) is 5.16. The van der Waals surface area contributed by atoms with Crippen molar-refractivity contribution < 1.29 is 17.9 Å². The van der Waals surface area contributed by atoms with Crippen molar-refractivity contribution in [2.45, 2.75) is 19.8 Å². The van der Waals surface area contributed by atoms with Gasteiger partial charge in [-0.2, -0.15) is 0 Å². The van der Waals surface area contributed by atoms with Gasteiger partial charge in [0.25, 0.3) is 0 Å². The van der Waals surface area contributed by atoms with Gasteiger partial charge in [-0.05, 0) is 13.3 Å². The molecule has 0 bridgehead atoms. The van der Waals surface area contributed by atoms with Crippen LogP contribution in [0.3, 0.4) is 0 Å². The Morgan fingerprint density at radius 3 is 2.55 bits per heavy atom. The quantitative estimate of drug-likeness (QED) is 0.475. The summed E-state index contributed by atoms with van der Waals surface area (Å²) in [6.07, 6.45) is 0.550. The van der Waals surface area contributed by atoms with E-state index in [0.29, 0.717) is 13.0 Å². The Labute approximate surface area is 67.5 Å². The molecule has 0 atom stereocenters. The fourth-order valence-corrected chi connectivity index (χ4v) is 1.00. The van der Waals surface area contributed by atoms with Crippen molar-refractivity contribution in [2.75, 3.05) is 12.4 Å². The Morgan fingerprint density at radius 1 is 1.45 bits per heavy atom. The second-order valence-electron chi connectivity index (χ2n) is 1.96. The molecule has 0 aliphatic carbocycles. The molecule has 0 amide bonds. The Morgan fingerprint density at radius 2 is 2.09 bits per heavy atom. The van der Waals surface area contributed by atoms with Crippen LogP contribution in [-0.4, -0.2) is 26.7 Å². The highest BCUT2D eigenvalue weighted by Gasteiger charge is 2.00. The van der Waals surface area contributed by atoms with Crippen molar-refractivity contribution in [3.8, 4) is 0 Å². The lowest BCUT2D eigenvalue weighted by molar-refractivity contribution is -0.143. The van der Waals surface area contributed by atoms with E-state index >= 15 is 0 Å². The Balaban J connectivity index is 3.31. The third kappa shape index (κ3) is 7.32. The summed E-state index contributed by atoms with van der Waals surface area (Å²) in [5.41, 5.74) is 0. The van der Waals surface area contributed by atoms with E-state index in [1.807, 2.05) is 0 Å². The van der Waals surface area contributed by atoms with E-state index in [1.54, 1.807) is 6.92 Å². The lowest BCUT2D eigenvalue weighted by Crippen LogP contribution is -2.04. The van der Waals surface area contributed by atoms with Crippen LogP contribution in [0.15, 0.2) is 0 Å². The first-order valence-electron chi connectivity index (χ1n) is 3.44. The van der Waals surface area contributed by atoms with Crippen molar-refractivity contribution >= 4 is 16.7 Å². The third-order valence-electron chi connectivity index (χ3n) is 1.03. The van der Waals surface area contributed by atoms with Gasteiger partial charge >= 0.3 is 5.97 Å². The van der Waals surface area contributed by atoms with Gasteiger partial charge < -0.3 is 4.74 Å². The molecule has 5 heteroatoms. The summed E-state index contributed by atoms with van der Waals surface area (Å²) in [7, 11) is -2.35. The minimum Gasteiger partial charge on any atom is -0.466 e. The molecule has 0 spiro atoms. The highest BCUT2D eigenvalue weighted by atomic mass is 32.2. The summed E-state index contributed by atoms with van der Waals surface area (Å²) in [5.74, 6) is -0.266. The molecule has 4 nitrogen and oxygen atoms in total. The molecule has 0 rings (SSSR count). The van der Waals surface area contributed by atoms with E-state index in [4.69, 9.17) is 0 Å². The van der Waals surface area contributed by atoms with Gasteiger partial charge in [-0.25, -0.2) is 8.42 Å². The maximum absolute atomic E-state index is 10.6. The van der Waals surface area contributed by atoms with Gasteiger partial charge in [-0.3, -0.25) is 4.79 Å². The smallest absolute Gasteiger partial charge is 0.305 e. The molecule has 11 heavy (non-hydrogen) atoms. The standard InChI is InChI=1S/C6H12O4S/c1-2-10-6(7)4-3-5-11(8)9/h11H,2-5H2,1H3. The zero-order valence-corrected chi connectivity index (χ0v) is 7.30. The minimum absolute atomic E-state index is 0.0636. The molecule has 0 aromatic rings. The van der Waals surface area contributed by atoms with E-state index in [9.17, 15) is 13.2 Å². The van der Waals surface area contributed by atoms with Crippen LogP contribution in [0.1, 0.15) is 19.8 Å². The van der Waals surface area contributed by atoms with Gasteiger partial charge in [0.15, 0.2) is 0 Å². The predicted molar refractivity (Wildman–Crippen MR) is 41.0 cm³/mol. The summed E-state index contributed by atoms with van der Waals surface area (Å²) in [5, 5.41) is 0. The second-order valence-corrected chi connectivity index (χ2v) is 3.08. The van der Waals surface area contributed by atoms with Crippen molar-refractivity contribution in [2.24, 2.45) is 0 Å². The topological polar surface area (TPSA) is 60.4 Å². The number of hydrogen-bond acceptors (Lipinski definition) is 4. The lowest BCUT2D eigenvalue weighted by atomic mass is 10.3. The highest BCUT2D eigenvalue weighted by molar-refractivity contribution is 7.72. The molecule has 0 saturated carbocycles. The van der Waals surface area contributed by atoms with Gasteiger partial charge in [0, 0.05) is 12.2 Å². The molecule has 0 saturated heterocycles. The largest absolute Gasteiger partial charge is 0.466 e.